The Balaban J connectivity index is 2.38. The molecule has 1 aromatic rings. The molecule has 0 radical (unpaired) electrons. The van der Waals surface area contributed by atoms with Crippen LogP contribution in [0.5, 0.6) is 0 Å². The van der Waals surface area contributed by atoms with Gasteiger partial charge in [-0.05, 0) is 24.1 Å². The molecule has 0 fully saturated rings. The number of ether oxygens (including phenoxy) is 1. The predicted molar refractivity (Wildman–Crippen MR) is 85.9 cm³/mol. The monoisotopic (exact) mass is 410 g/mol. The maximum absolute atomic E-state index is 5.95. The zero-order chi connectivity index (χ0) is 12.5. The van der Waals surface area contributed by atoms with Crippen molar-refractivity contribution >= 4 is 38.5 Å². The molecule has 0 aromatic heterocycles. The van der Waals surface area contributed by atoms with E-state index in [1.807, 2.05) is 0 Å². The molecule has 1 atom stereocenters. The Hall–Kier alpha value is 0.390. The minimum Gasteiger partial charge on any atom is -0.373 e. The summed E-state index contributed by atoms with van der Waals surface area (Å²) in [6.45, 7) is 3.11. The average Bonchev–Trinajstić information content (AvgIpc) is 2.34. The van der Waals surface area contributed by atoms with E-state index in [1.54, 1.807) is 0 Å². The van der Waals surface area contributed by atoms with Crippen LogP contribution in [0.25, 0.3) is 0 Å². The molecule has 0 saturated carbocycles. The van der Waals surface area contributed by atoms with Gasteiger partial charge in [-0.3, -0.25) is 0 Å². The third kappa shape index (κ3) is 6.20. The summed E-state index contributed by atoms with van der Waals surface area (Å²) in [6.07, 6.45) is 5.28. The van der Waals surface area contributed by atoms with Gasteiger partial charge in [0, 0.05) is 15.5 Å². The quantitative estimate of drug-likeness (QED) is 0.311. The first-order valence-corrected chi connectivity index (χ1v) is 8.52. The highest BCUT2D eigenvalue weighted by Gasteiger charge is 2.10. The van der Waals surface area contributed by atoms with E-state index in [9.17, 15) is 0 Å². The molecule has 0 amide bonds. The van der Waals surface area contributed by atoms with Crippen molar-refractivity contribution in [3.63, 3.8) is 0 Å². The van der Waals surface area contributed by atoms with E-state index in [0.717, 1.165) is 15.5 Å². The van der Waals surface area contributed by atoms with Crippen LogP contribution in [-0.4, -0.2) is 11.0 Å². The Labute approximate surface area is 127 Å². The molecule has 0 N–H and O–H groups in total. The number of benzene rings is 1. The normalized spacial score (nSPS) is 12.6. The van der Waals surface area contributed by atoms with Crippen LogP contribution in [0.15, 0.2) is 28.7 Å². The van der Waals surface area contributed by atoms with Gasteiger partial charge < -0.3 is 4.74 Å². The summed E-state index contributed by atoms with van der Waals surface area (Å²) < 4.78 is 8.08. The Morgan fingerprint density at radius 1 is 1.29 bits per heavy atom. The summed E-state index contributed by atoms with van der Waals surface area (Å²) in [7, 11) is 0. The van der Waals surface area contributed by atoms with Gasteiger partial charge in [-0.2, -0.15) is 0 Å². The zero-order valence-corrected chi connectivity index (χ0v) is 14.0. The molecule has 3 heteroatoms. The molecule has 0 aliphatic rings. The third-order valence-corrected chi connectivity index (χ3v) is 3.97. The summed E-state index contributed by atoms with van der Waals surface area (Å²) in [6, 6.07) is 8.41. The highest BCUT2D eigenvalue weighted by Crippen LogP contribution is 2.23. The summed E-state index contributed by atoms with van der Waals surface area (Å²) >= 11 is 5.90. The second kappa shape index (κ2) is 9.34. The average molecular weight is 411 g/mol. The molecule has 0 aliphatic heterocycles. The fourth-order valence-electron chi connectivity index (χ4n) is 1.69. The number of halogens is 2. The molecule has 1 nitrogen and oxygen atoms in total. The van der Waals surface area contributed by atoms with E-state index in [4.69, 9.17) is 4.74 Å². The number of rotatable bonds is 8. The highest BCUT2D eigenvalue weighted by atomic mass is 127. The van der Waals surface area contributed by atoms with E-state index >= 15 is 0 Å². The fourth-order valence-corrected chi connectivity index (χ4v) is 2.87. The first-order chi connectivity index (χ1) is 8.27. The molecule has 0 heterocycles. The van der Waals surface area contributed by atoms with Gasteiger partial charge in [-0.25, -0.2) is 0 Å². The van der Waals surface area contributed by atoms with Crippen LogP contribution in [0.4, 0.5) is 0 Å². The summed E-state index contributed by atoms with van der Waals surface area (Å²) in [4.78, 5) is 0. The van der Waals surface area contributed by atoms with Crippen molar-refractivity contribution in [2.45, 2.75) is 38.7 Å². The SMILES string of the molecule is CCCCCCOC(CI)c1cccc(Br)c1. The van der Waals surface area contributed by atoms with Gasteiger partial charge in [0.25, 0.3) is 0 Å². The van der Waals surface area contributed by atoms with E-state index in [1.165, 1.54) is 31.2 Å². The Bertz CT molecular complexity index is 317. The van der Waals surface area contributed by atoms with E-state index in [0.29, 0.717) is 0 Å². The van der Waals surface area contributed by atoms with Gasteiger partial charge in [0.15, 0.2) is 0 Å². The number of unbranched alkanes of at least 4 members (excludes halogenated alkanes) is 3. The first kappa shape index (κ1) is 15.4. The molecular weight excluding hydrogens is 391 g/mol. The first-order valence-electron chi connectivity index (χ1n) is 6.21. The largest absolute Gasteiger partial charge is 0.373 e. The lowest BCUT2D eigenvalue weighted by atomic mass is 10.1. The predicted octanol–water partition coefficient (Wildman–Crippen LogP) is 5.52. The Kier molecular flexibility index (Phi) is 8.48. The molecule has 17 heavy (non-hydrogen) atoms. The van der Waals surface area contributed by atoms with Crippen LogP contribution >= 0.6 is 38.5 Å². The van der Waals surface area contributed by atoms with Crippen molar-refractivity contribution in [3.8, 4) is 0 Å². The molecule has 0 spiro atoms. The maximum Gasteiger partial charge on any atom is 0.0914 e. The van der Waals surface area contributed by atoms with Crippen molar-refractivity contribution in [2.75, 3.05) is 11.0 Å². The molecule has 0 aliphatic carbocycles. The Morgan fingerprint density at radius 3 is 2.76 bits per heavy atom. The van der Waals surface area contributed by atoms with Gasteiger partial charge in [0.1, 0.15) is 0 Å². The van der Waals surface area contributed by atoms with Gasteiger partial charge in [-0.1, -0.05) is 76.8 Å². The van der Waals surface area contributed by atoms with E-state index in [2.05, 4.69) is 69.7 Å². The summed E-state index contributed by atoms with van der Waals surface area (Å²) in [5, 5.41) is 0. The van der Waals surface area contributed by atoms with Gasteiger partial charge >= 0.3 is 0 Å². The van der Waals surface area contributed by atoms with E-state index < -0.39 is 0 Å². The van der Waals surface area contributed by atoms with Crippen molar-refractivity contribution in [2.24, 2.45) is 0 Å². The minimum absolute atomic E-state index is 0.231. The van der Waals surface area contributed by atoms with Crippen molar-refractivity contribution in [1.29, 1.82) is 0 Å². The maximum atomic E-state index is 5.95. The van der Waals surface area contributed by atoms with Crippen LogP contribution in [0.2, 0.25) is 0 Å². The molecule has 1 rings (SSSR count). The lowest BCUT2D eigenvalue weighted by molar-refractivity contribution is 0.0679. The van der Waals surface area contributed by atoms with Crippen LogP contribution in [-0.2, 0) is 4.74 Å². The summed E-state index contributed by atoms with van der Waals surface area (Å²) in [5.74, 6) is 0. The van der Waals surface area contributed by atoms with Crippen LogP contribution in [0.1, 0.15) is 44.3 Å². The van der Waals surface area contributed by atoms with Gasteiger partial charge in [0.05, 0.1) is 6.10 Å². The van der Waals surface area contributed by atoms with Crippen molar-refractivity contribution in [1.82, 2.24) is 0 Å². The Morgan fingerprint density at radius 2 is 2.12 bits per heavy atom. The number of hydrogen-bond donors (Lipinski definition) is 0. The standard InChI is InChI=1S/C14H20BrIO/c1-2-3-4-5-9-17-14(11-16)12-7-6-8-13(15)10-12/h6-8,10,14H,2-5,9,11H2,1H3. The second-order valence-electron chi connectivity index (χ2n) is 4.13. The second-order valence-corrected chi connectivity index (χ2v) is 5.93. The van der Waals surface area contributed by atoms with Crippen LogP contribution in [0.3, 0.4) is 0 Å². The van der Waals surface area contributed by atoms with Crippen LogP contribution in [0, 0.1) is 0 Å². The van der Waals surface area contributed by atoms with Crippen molar-refractivity contribution in [3.05, 3.63) is 34.3 Å². The van der Waals surface area contributed by atoms with E-state index in [-0.39, 0.29) is 6.10 Å². The third-order valence-electron chi connectivity index (χ3n) is 2.68. The molecule has 0 bridgehead atoms. The molecule has 1 unspecified atom stereocenters. The summed E-state index contributed by atoms with van der Waals surface area (Å²) in [5.41, 5.74) is 1.27. The number of hydrogen-bond acceptors (Lipinski definition) is 1. The highest BCUT2D eigenvalue weighted by molar-refractivity contribution is 14.1. The lowest BCUT2D eigenvalue weighted by Gasteiger charge is -2.16. The molecule has 1 aromatic carbocycles. The lowest BCUT2D eigenvalue weighted by Crippen LogP contribution is -2.07. The smallest absolute Gasteiger partial charge is 0.0914 e. The molecular formula is C14H20BrIO. The van der Waals surface area contributed by atoms with Crippen molar-refractivity contribution < 1.29 is 4.74 Å². The van der Waals surface area contributed by atoms with Gasteiger partial charge in [0.2, 0.25) is 0 Å². The fraction of sp³-hybridized carbons (Fsp3) is 0.571. The molecule has 96 valence electrons. The van der Waals surface area contributed by atoms with Crippen LogP contribution < -0.4 is 0 Å². The number of alkyl halides is 1. The zero-order valence-electron chi connectivity index (χ0n) is 10.3. The molecule has 0 saturated heterocycles. The minimum atomic E-state index is 0.231. The topological polar surface area (TPSA) is 9.23 Å². The van der Waals surface area contributed by atoms with Gasteiger partial charge in [-0.15, -0.1) is 0 Å².